The number of anilines is 1. The summed E-state index contributed by atoms with van der Waals surface area (Å²) in [6.07, 6.45) is 5.55. The molecule has 0 spiro atoms. The molecule has 0 amide bonds. The minimum Gasteiger partial charge on any atom is -0.380 e. The average molecular weight is 249 g/mol. The van der Waals surface area contributed by atoms with E-state index in [9.17, 15) is 0 Å². The highest BCUT2D eigenvalue weighted by molar-refractivity contribution is 5.82. The van der Waals surface area contributed by atoms with Crippen molar-refractivity contribution in [1.82, 2.24) is 9.97 Å². The SMILES string of the molecule is Cc1cncc(NCc2ccnc3ccccc23)c1. The van der Waals surface area contributed by atoms with Gasteiger partial charge in [-0.1, -0.05) is 18.2 Å². The number of para-hydroxylation sites is 1. The van der Waals surface area contributed by atoms with Crippen LogP contribution in [0.2, 0.25) is 0 Å². The predicted octanol–water partition coefficient (Wildman–Crippen LogP) is 3.55. The van der Waals surface area contributed by atoms with Crippen molar-refractivity contribution in [2.75, 3.05) is 5.32 Å². The average Bonchev–Trinajstić information content (AvgIpc) is 2.45. The Balaban J connectivity index is 1.86. The number of aromatic nitrogens is 2. The van der Waals surface area contributed by atoms with Crippen molar-refractivity contribution in [3.8, 4) is 0 Å². The van der Waals surface area contributed by atoms with Gasteiger partial charge in [0.2, 0.25) is 0 Å². The maximum atomic E-state index is 4.37. The van der Waals surface area contributed by atoms with E-state index in [2.05, 4.69) is 33.5 Å². The number of hydrogen-bond acceptors (Lipinski definition) is 3. The Morgan fingerprint density at radius 1 is 1.11 bits per heavy atom. The van der Waals surface area contributed by atoms with Crippen molar-refractivity contribution in [3.63, 3.8) is 0 Å². The van der Waals surface area contributed by atoms with Crippen LogP contribution in [0.3, 0.4) is 0 Å². The van der Waals surface area contributed by atoms with Gasteiger partial charge >= 0.3 is 0 Å². The molecule has 0 radical (unpaired) electrons. The lowest BCUT2D eigenvalue weighted by Crippen LogP contribution is -2.01. The van der Waals surface area contributed by atoms with E-state index in [0.29, 0.717) is 0 Å². The highest BCUT2D eigenvalue weighted by Gasteiger charge is 2.01. The van der Waals surface area contributed by atoms with Crippen molar-refractivity contribution in [2.24, 2.45) is 0 Å². The summed E-state index contributed by atoms with van der Waals surface area (Å²) in [7, 11) is 0. The fourth-order valence-corrected chi connectivity index (χ4v) is 2.16. The van der Waals surface area contributed by atoms with Crippen LogP contribution >= 0.6 is 0 Å². The Labute approximate surface area is 112 Å². The van der Waals surface area contributed by atoms with E-state index in [4.69, 9.17) is 0 Å². The number of hydrogen-bond donors (Lipinski definition) is 1. The van der Waals surface area contributed by atoms with Crippen molar-refractivity contribution in [3.05, 3.63) is 66.1 Å². The van der Waals surface area contributed by atoms with Gasteiger partial charge in [0.25, 0.3) is 0 Å². The van der Waals surface area contributed by atoms with Crippen molar-refractivity contribution in [1.29, 1.82) is 0 Å². The molecular formula is C16H15N3. The van der Waals surface area contributed by atoms with Crippen LogP contribution in [-0.2, 0) is 6.54 Å². The Morgan fingerprint density at radius 3 is 2.89 bits per heavy atom. The number of benzene rings is 1. The molecule has 0 bridgehead atoms. The molecule has 94 valence electrons. The summed E-state index contributed by atoms with van der Waals surface area (Å²) >= 11 is 0. The van der Waals surface area contributed by atoms with Gasteiger partial charge in [-0.3, -0.25) is 9.97 Å². The topological polar surface area (TPSA) is 37.8 Å². The second kappa shape index (κ2) is 5.06. The minimum atomic E-state index is 0.772. The van der Waals surface area contributed by atoms with Crippen LogP contribution < -0.4 is 5.32 Å². The van der Waals surface area contributed by atoms with E-state index < -0.39 is 0 Å². The molecule has 2 heterocycles. The summed E-state index contributed by atoms with van der Waals surface area (Å²) in [5, 5.41) is 4.60. The Morgan fingerprint density at radius 2 is 2.00 bits per heavy atom. The number of nitrogens with one attached hydrogen (secondary N) is 1. The molecule has 3 nitrogen and oxygen atoms in total. The smallest absolute Gasteiger partial charge is 0.0705 e. The molecule has 3 heteroatoms. The van der Waals surface area contributed by atoms with Gasteiger partial charge in [-0.25, -0.2) is 0 Å². The highest BCUT2D eigenvalue weighted by Crippen LogP contribution is 2.17. The summed E-state index contributed by atoms with van der Waals surface area (Å²) in [6, 6.07) is 12.3. The molecule has 0 saturated carbocycles. The Bertz CT molecular complexity index is 702. The van der Waals surface area contributed by atoms with Gasteiger partial charge in [0.05, 0.1) is 11.2 Å². The van der Waals surface area contributed by atoms with Gasteiger partial charge in [0, 0.05) is 30.5 Å². The third-order valence-electron chi connectivity index (χ3n) is 3.10. The molecule has 0 unspecified atom stereocenters. The molecule has 19 heavy (non-hydrogen) atoms. The Hall–Kier alpha value is -2.42. The monoisotopic (exact) mass is 249 g/mol. The van der Waals surface area contributed by atoms with Gasteiger partial charge < -0.3 is 5.32 Å². The van der Waals surface area contributed by atoms with Crippen LogP contribution in [0.25, 0.3) is 10.9 Å². The van der Waals surface area contributed by atoms with Crippen molar-refractivity contribution >= 4 is 16.6 Å². The summed E-state index contributed by atoms with van der Waals surface area (Å²) < 4.78 is 0. The van der Waals surface area contributed by atoms with Crippen LogP contribution in [0.15, 0.2) is 55.0 Å². The zero-order chi connectivity index (χ0) is 13.1. The van der Waals surface area contributed by atoms with Gasteiger partial charge in [0.1, 0.15) is 0 Å². The summed E-state index contributed by atoms with van der Waals surface area (Å²) in [5.41, 5.74) is 4.47. The maximum absolute atomic E-state index is 4.37. The number of rotatable bonds is 3. The largest absolute Gasteiger partial charge is 0.380 e. The summed E-state index contributed by atoms with van der Waals surface area (Å²) in [6.45, 7) is 2.81. The lowest BCUT2D eigenvalue weighted by atomic mass is 10.1. The van der Waals surface area contributed by atoms with Crippen LogP contribution in [0.1, 0.15) is 11.1 Å². The van der Waals surface area contributed by atoms with E-state index in [1.54, 1.807) is 0 Å². The van der Waals surface area contributed by atoms with Gasteiger partial charge in [0.15, 0.2) is 0 Å². The van der Waals surface area contributed by atoms with E-state index in [-0.39, 0.29) is 0 Å². The number of pyridine rings is 2. The third kappa shape index (κ3) is 2.55. The van der Waals surface area contributed by atoms with E-state index in [1.807, 2.05) is 43.7 Å². The maximum Gasteiger partial charge on any atom is 0.0705 e. The molecule has 0 fully saturated rings. The molecule has 0 aliphatic heterocycles. The molecule has 3 aromatic rings. The fraction of sp³-hybridized carbons (Fsp3) is 0.125. The first-order valence-corrected chi connectivity index (χ1v) is 6.31. The zero-order valence-corrected chi connectivity index (χ0v) is 10.8. The van der Waals surface area contributed by atoms with E-state index in [0.717, 1.165) is 23.3 Å². The molecule has 1 aromatic carbocycles. The second-order valence-corrected chi connectivity index (χ2v) is 4.59. The minimum absolute atomic E-state index is 0.772. The molecule has 0 aliphatic carbocycles. The number of fused-ring (bicyclic) bond motifs is 1. The van der Waals surface area contributed by atoms with Crippen LogP contribution in [0.4, 0.5) is 5.69 Å². The van der Waals surface area contributed by atoms with Crippen LogP contribution in [0, 0.1) is 6.92 Å². The lowest BCUT2D eigenvalue weighted by molar-refractivity contribution is 1.14. The third-order valence-corrected chi connectivity index (χ3v) is 3.10. The predicted molar refractivity (Wildman–Crippen MR) is 78.0 cm³/mol. The van der Waals surface area contributed by atoms with E-state index >= 15 is 0 Å². The summed E-state index contributed by atoms with van der Waals surface area (Å²) in [4.78, 5) is 8.55. The normalized spacial score (nSPS) is 10.6. The molecule has 0 atom stereocenters. The van der Waals surface area contributed by atoms with Crippen molar-refractivity contribution in [2.45, 2.75) is 13.5 Å². The fourth-order valence-electron chi connectivity index (χ4n) is 2.16. The standard InChI is InChI=1S/C16H15N3/c1-12-8-14(11-17-9-12)19-10-13-6-7-18-16-5-3-2-4-15(13)16/h2-9,11,19H,10H2,1H3. The van der Waals surface area contributed by atoms with Crippen molar-refractivity contribution < 1.29 is 0 Å². The quantitative estimate of drug-likeness (QED) is 0.771. The van der Waals surface area contributed by atoms with Crippen LogP contribution in [-0.4, -0.2) is 9.97 Å². The second-order valence-electron chi connectivity index (χ2n) is 4.59. The van der Waals surface area contributed by atoms with Gasteiger partial charge in [-0.15, -0.1) is 0 Å². The highest BCUT2D eigenvalue weighted by atomic mass is 14.9. The molecule has 0 saturated heterocycles. The first kappa shape index (κ1) is 11.7. The molecular weight excluding hydrogens is 234 g/mol. The molecule has 3 rings (SSSR count). The first-order chi connectivity index (χ1) is 9.33. The lowest BCUT2D eigenvalue weighted by Gasteiger charge is -2.09. The molecule has 0 aliphatic rings. The summed E-state index contributed by atoms with van der Waals surface area (Å²) in [5.74, 6) is 0. The van der Waals surface area contributed by atoms with E-state index in [1.165, 1.54) is 10.9 Å². The Kier molecular flexibility index (Phi) is 3.11. The first-order valence-electron chi connectivity index (χ1n) is 6.31. The molecule has 2 aromatic heterocycles. The van der Waals surface area contributed by atoms with Gasteiger partial charge in [-0.2, -0.15) is 0 Å². The zero-order valence-electron chi connectivity index (χ0n) is 10.8. The number of aryl methyl sites for hydroxylation is 1. The van der Waals surface area contributed by atoms with Gasteiger partial charge in [-0.05, 0) is 36.2 Å². The molecule has 1 N–H and O–H groups in total. The van der Waals surface area contributed by atoms with Crippen LogP contribution in [0.5, 0.6) is 0 Å². The number of nitrogens with zero attached hydrogens (tertiary/aromatic N) is 2.